The van der Waals surface area contributed by atoms with Crippen molar-refractivity contribution in [2.75, 3.05) is 6.54 Å². The minimum absolute atomic E-state index is 0.173. The van der Waals surface area contributed by atoms with Gasteiger partial charge in [0.05, 0.1) is 28.8 Å². The molecule has 152 valence electrons. The molecular formula is C22H22N6O2. The van der Waals surface area contributed by atoms with Crippen molar-refractivity contribution in [1.29, 1.82) is 0 Å². The summed E-state index contributed by atoms with van der Waals surface area (Å²) in [4.78, 5) is 34.3. The molecule has 4 aromatic rings. The number of benzene rings is 2. The van der Waals surface area contributed by atoms with Crippen LogP contribution in [0.1, 0.15) is 34.5 Å². The van der Waals surface area contributed by atoms with Gasteiger partial charge < -0.3 is 9.88 Å². The van der Waals surface area contributed by atoms with E-state index >= 15 is 0 Å². The minimum atomic E-state index is -0.260. The van der Waals surface area contributed by atoms with Crippen LogP contribution in [0, 0.1) is 13.8 Å². The number of nitrogens with one attached hydrogen (secondary N) is 1. The number of aromatic nitrogens is 5. The number of nitrogens with zero attached hydrogens (tertiary/aromatic N) is 5. The highest BCUT2D eigenvalue weighted by atomic mass is 16.2. The molecule has 0 radical (unpaired) electrons. The van der Waals surface area contributed by atoms with Crippen molar-refractivity contribution in [3.63, 3.8) is 0 Å². The molecule has 0 unspecified atom stereocenters. The molecule has 2 aromatic carbocycles. The monoisotopic (exact) mass is 402 g/mol. The summed E-state index contributed by atoms with van der Waals surface area (Å²) in [6, 6.07) is 15.0. The normalized spacial score (nSPS) is 11.0. The van der Waals surface area contributed by atoms with Crippen LogP contribution >= 0.6 is 0 Å². The molecule has 8 heteroatoms. The predicted octanol–water partition coefficient (Wildman–Crippen LogP) is 2.78. The van der Waals surface area contributed by atoms with E-state index in [1.165, 1.54) is 0 Å². The van der Waals surface area contributed by atoms with Crippen molar-refractivity contribution in [1.82, 2.24) is 29.9 Å². The molecule has 1 N–H and O–H groups in total. The van der Waals surface area contributed by atoms with Gasteiger partial charge in [0.1, 0.15) is 5.82 Å². The number of carbonyl (C=O) groups is 1. The van der Waals surface area contributed by atoms with E-state index in [0.717, 1.165) is 11.3 Å². The second-order valence-electron chi connectivity index (χ2n) is 7.12. The Hall–Kier alpha value is -3.81. The molecule has 0 aliphatic rings. The molecule has 30 heavy (non-hydrogen) atoms. The molecule has 2 aromatic heterocycles. The second kappa shape index (κ2) is 7.90. The van der Waals surface area contributed by atoms with Crippen LogP contribution in [-0.2, 0) is 6.54 Å². The topological polar surface area (TPSA) is 96.8 Å². The Morgan fingerprint density at radius 3 is 2.57 bits per heavy atom. The Kier molecular flexibility index (Phi) is 5.14. The van der Waals surface area contributed by atoms with Crippen molar-refractivity contribution in [2.45, 2.75) is 27.3 Å². The average molecular weight is 402 g/mol. The smallest absolute Gasteiger partial charge is 0.276 e. The molecule has 0 saturated heterocycles. The summed E-state index contributed by atoms with van der Waals surface area (Å²) in [5, 5.41) is 8.80. The molecule has 0 bridgehead atoms. The number of aryl methyl sites for hydroxylation is 1. The Bertz CT molecular complexity index is 1270. The summed E-state index contributed by atoms with van der Waals surface area (Å²) in [6.07, 6.45) is 0. The van der Waals surface area contributed by atoms with Gasteiger partial charge in [-0.15, -0.1) is 5.10 Å². The zero-order valence-corrected chi connectivity index (χ0v) is 17.1. The Balaban J connectivity index is 1.62. The molecule has 0 spiro atoms. The number of hydrogen-bond donors (Lipinski definition) is 1. The summed E-state index contributed by atoms with van der Waals surface area (Å²) in [7, 11) is 0. The van der Waals surface area contributed by atoms with Crippen molar-refractivity contribution < 1.29 is 4.79 Å². The van der Waals surface area contributed by atoms with E-state index in [1.807, 2.05) is 51.1 Å². The van der Waals surface area contributed by atoms with Crippen LogP contribution in [0.5, 0.6) is 0 Å². The Morgan fingerprint density at radius 2 is 1.83 bits per heavy atom. The fraction of sp³-hybridized carbons (Fsp3) is 0.227. The third kappa shape index (κ3) is 3.59. The van der Waals surface area contributed by atoms with Gasteiger partial charge >= 0.3 is 0 Å². The Morgan fingerprint density at radius 1 is 1.10 bits per heavy atom. The van der Waals surface area contributed by atoms with E-state index in [0.29, 0.717) is 29.0 Å². The van der Waals surface area contributed by atoms with E-state index in [9.17, 15) is 9.59 Å². The van der Waals surface area contributed by atoms with Crippen LogP contribution in [0.25, 0.3) is 16.6 Å². The van der Waals surface area contributed by atoms with Gasteiger partial charge in [-0.1, -0.05) is 35.0 Å². The van der Waals surface area contributed by atoms with Crippen LogP contribution in [0.4, 0.5) is 0 Å². The van der Waals surface area contributed by atoms with Crippen LogP contribution in [0.2, 0.25) is 0 Å². The van der Waals surface area contributed by atoms with E-state index in [2.05, 4.69) is 20.3 Å². The quantitative estimate of drug-likeness (QED) is 0.554. The zero-order chi connectivity index (χ0) is 21.3. The molecule has 1 amide bonds. The van der Waals surface area contributed by atoms with Crippen LogP contribution < -0.4 is 5.56 Å². The lowest BCUT2D eigenvalue weighted by atomic mass is 10.2. The first-order valence-corrected chi connectivity index (χ1v) is 9.74. The van der Waals surface area contributed by atoms with E-state index < -0.39 is 0 Å². The molecule has 0 fully saturated rings. The number of H-pyrrole nitrogens is 1. The SMILES string of the molecule is CCN(Cc1nc2ccccc2c(=O)[nH]1)C(=O)c1nnn(-c2ccc(C)cc2)c1C. The predicted molar refractivity (Wildman–Crippen MR) is 114 cm³/mol. The fourth-order valence-corrected chi connectivity index (χ4v) is 3.33. The van der Waals surface area contributed by atoms with Gasteiger partial charge in [-0.05, 0) is 45.0 Å². The van der Waals surface area contributed by atoms with Gasteiger partial charge in [0.25, 0.3) is 11.5 Å². The lowest BCUT2D eigenvalue weighted by Gasteiger charge is -2.19. The summed E-state index contributed by atoms with van der Waals surface area (Å²) < 4.78 is 1.65. The molecule has 0 aliphatic heterocycles. The minimum Gasteiger partial charge on any atom is -0.330 e. The van der Waals surface area contributed by atoms with Crippen LogP contribution in [0.3, 0.4) is 0 Å². The molecule has 0 aliphatic carbocycles. The van der Waals surface area contributed by atoms with E-state index in [4.69, 9.17) is 0 Å². The maximum atomic E-state index is 13.1. The highest BCUT2D eigenvalue weighted by Crippen LogP contribution is 2.16. The van der Waals surface area contributed by atoms with Gasteiger partial charge in [0.15, 0.2) is 5.69 Å². The van der Waals surface area contributed by atoms with Gasteiger partial charge in [-0.3, -0.25) is 9.59 Å². The molecular weight excluding hydrogens is 380 g/mol. The number of para-hydroxylation sites is 1. The average Bonchev–Trinajstić information content (AvgIpc) is 3.13. The maximum Gasteiger partial charge on any atom is 0.276 e. The summed E-state index contributed by atoms with van der Waals surface area (Å²) >= 11 is 0. The second-order valence-corrected chi connectivity index (χ2v) is 7.12. The molecule has 0 atom stereocenters. The highest BCUT2D eigenvalue weighted by Gasteiger charge is 2.23. The fourth-order valence-electron chi connectivity index (χ4n) is 3.33. The summed E-state index contributed by atoms with van der Waals surface area (Å²) in [5.41, 5.74) is 3.29. The van der Waals surface area contributed by atoms with E-state index in [-0.39, 0.29) is 23.7 Å². The van der Waals surface area contributed by atoms with Crippen molar-refractivity contribution in [3.8, 4) is 5.69 Å². The maximum absolute atomic E-state index is 13.1. The number of fused-ring (bicyclic) bond motifs is 1. The van der Waals surface area contributed by atoms with Gasteiger partial charge in [0.2, 0.25) is 0 Å². The van der Waals surface area contributed by atoms with Crippen LogP contribution in [-0.4, -0.2) is 42.3 Å². The lowest BCUT2D eigenvalue weighted by Crippen LogP contribution is -2.32. The number of rotatable bonds is 5. The number of amides is 1. The third-order valence-electron chi connectivity index (χ3n) is 5.05. The first-order chi connectivity index (χ1) is 14.5. The van der Waals surface area contributed by atoms with Gasteiger partial charge in [-0.25, -0.2) is 9.67 Å². The Labute approximate surface area is 173 Å². The van der Waals surface area contributed by atoms with Gasteiger partial charge in [0, 0.05) is 6.54 Å². The number of carbonyl (C=O) groups excluding carboxylic acids is 1. The number of hydrogen-bond acceptors (Lipinski definition) is 5. The summed E-state index contributed by atoms with van der Waals surface area (Å²) in [6.45, 7) is 6.31. The molecule has 2 heterocycles. The summed E-state index contributed by atoms with van der Waals surface area (Å²) in [5.74, 6) is 0.168. The third-order valence-corrected chi connectivity index (χ3v) is 5.05. The first kappa shape index (κ1) is 19.5. The number of aromatic amines is 1. The molecule has 4 rings (SSSR count). The molecule has 0 saturated carbocycles. The first-order valence-electron chi connectivity index (χ1n) is 9.74. The van der Waals surface area contributed by atoms with Crippen molar-refractivity contribution >= 4 is 16.8 Å². The lowest BCUT2D eigenvalue weighted by molar-refractivity contribution is 0.0741. The zero-order valence-electron chi connectivity index (χ0n) is 17.1. The van der Waals surface area contributed by atoms with Crippen molar-refractivity contribution in [2.24, 2.45) is 0 Å². The van der Waals surface area contributed by atoms with Gasteiger partial charge in [-0.2, -0.15) is 0 Å². The highest BCUT2D eigenvalue weighted by molar-refractivity contribution is 5.93. The van der Waals surface area contributed by atoms with Crippen LogP contribution in [0.15, 0.2) is 53.3 Å². The largest absolute Gasteiger partial charge is 0.330 e. The van der Waals surface area contributed by atoms with E-state index in [1.54, 1.807) is 27.8 Å². The standard InChI is InChI=1S/C22H22N6O2/c1-4-27(13-19-23-18-8-6-5-7-17(18)21(29)24-19)22(30)20-15(3)28(26-25-20)16-11-9-14(2)10-12-16/h5-12H,4,13H2,1-3H3,(H,23,24,29). The molecule has 8 nitrogen and oxygen atoms in total. The van der Waals surface area contributed by atoms with Crippen molar-refractivity contribution in [3.05, 3.63) is 81.7 Å².